The van der Waals surface area contributed by atoms with Gasteiger partial charge < -0.3 is 15.7 Å². The summed E-state index contributed by atoms with van der Waals surface area (Å²) in [5.41, 5.74) is 0.596. The van der Waals surface area contributed by atoms with E-state index in [0.29, 0.717) is 47.6 Å². The SMILES string of the molecule is CCNC(=NCC(O)c1cc(Cl)cc(Cl)c1)NCCCN(C)S(=O)(=O)CC. The highest BCUT2D eigenvalue weighted by atomic mass is 35.5. The Morgan fingerprint density at radius 2 is 1.85 bits per heavy atom. The van der Waals surface area contributed by atoms with Crippen molar-refractivity contribution in [2.24, 2.45) is 4.99 Å². The van der Waals surface area contributed by atoms with Crippen LogP contribution in [-0.2, 0) is 10.0 Å². The summed E-state index contributed by atoms with van der Waals surface area (Å²) >= 11 is 11.9. The Morgan fingerprint density at radius 3 is 2.41 bits per heavy atom. The van der Waals surface area contributed by atoms with Crippen LogP contribution in [-0.4, -0.2) is 62.8 Å². The molecule has 0 radical (unpaired) electrons. The van der Waals surface area contributed by atoms with Gasteiger partial charge in [-0.3, -0.25) is 4.99 Å². The molecular weight excluding hydrogens is 411 g/mol. The fraction of sp³-hybridized carbons (Fsp3) is 0.588. The molecule has 0 heterocycles. The van der Waals surface area contributed by atoms with Crippen LogP contribution >= 0.6 is 23.2 Å². The number of sulfonamides is 1. The average Bonchev–Trinajstić information content (AvgIpc) is 2.61. The fourth-order valence-corrected chi connectivity index (χ4v) is 3.65. The lowest BCUT2D eigenvalue weighted by Gasteiger charge is -2.17. The van der Waals surface area contributed by atoms with E-state index in [-0.39, 0.29) is 12.3 Å². The smallest absolute Gasteiger partial charge is 0.213 e. The van der Waals surface area contributed by atoms with Gasteiger partial charge in [0.05, 0.1) is 18.4 Å². The molecule has 1 unspecified atom stereocenters. The van der Waals surface area contributed by atoms with E-state index in [4.69, 9.17) is 23.2 Å². The molecule has 1 rings (SSSR count). The normalized spacial score (nSPS) is 13.7. The lowest BCUT2D eigenvalue weighted by Crippen LogP contribution is -2.39. The fourth-order valence-electron chi connectivity index (χ4n) is 2.26. The lowest BCUT2D eigenvalue weighted by molar-refractivity contribution is 0.187. The predicted molar refractivity (Wildman–Crippen MR) is 112 cm³/mol. The summed E-state index contributed by atoms with van der Waals surface area (Å²) in [6, 6.07) is 4.90. The van der Waals surface area contributed by atoms with Crippen molar-refractivity contribution in [3.05, 3.63) is 33.8 Å². The van der Waals surface area contributed by atoms with Crippen LogP contribution in [0, 0.1) is 0 Å². The molecular formula is C17H28Cl2N4O3S. The molecule has 0 amide bonds. The second-order valence-corrected chi connectivity index (χ2v) is 9.18. The molecule has 1 atom stereocenters. The van der Waals surface area contributed by atoms with Crippen LogP contribution in [0.2, 0.25) is 10.0 Å². The standard InChI is InChI=1S/C17H28Cl2N4O3S/c1-4-20-17(21-7-6-8-23(3)27(25,26)5-2)22-12-16(24)13-9-14(18)11-15(19)10-13/h9-11,16,24H,4-8,12H2,1-3H3,(H2,20,21,22). The number of hydrogen-bond acceptors (Lipinski definition) is 4. The molecule has 0 saturated heterocycles. The third kappa shape index (κ3) is 8.66. The molecule has 1 aromatic rings. The molecule has 154 valence electrons. The van der Waals surface area contributed by atoms with Crippen molar-refractivity contribution in [1.82, 2.24) is 14.9 Å². The van der Waals surface area contributed by atoms with Crippen molar-refractivity contribution >= 4 is 39.2 Å². The van der Waals surface area contributed by atoms with E-state index in [9.17, 15) is 13.5 Å². The van der Waals surface area contributed by atoms with Crippen molar-refractivity contribution in [3.63, 3.8) is 0 Å². The number of rotatable bonds is 10. The number of halogens is 2. The topological polar surface area (TPSA) is 94.0 Å². The number of nitrogens with one attached hydrogen (secondary N) is 2. The Labute approximate surface area is 171 Å². The van der Waals surface area contributed by atoms with E-state index in [1.807, 2.05) is 6.92 Å². The Morgan fingerprint density at radius 1 is 1.22 bits per heavy atom. The van der Waals surface area contributed by atoms with Crippen LogP contribution in [0.4, 0.5) is 0 Å². The summed E-state index contributed by atoms with van der Waals surface area (Å²) in [5.74, 6) is 0.637. The molecule has 0 aliphatic heterocycles. The highest BCUT2D eigenvalue weighted by molar-refractivity contribution is 7.89. The average molecular weight is 439 g/mol. The van der Waals surface area contributed by atoms with E-state index in [0.717, 1.165) is 0 Å². The first-order valence-electron chi connectivity index (χ1n) is 8.79. The van der Waals surface area contributed by atoms with Gasteiger partial charge in [0.15, 0.2) is 5.96 Å². The molecule has 10 heteroatoms. The lowest BCUT2D eigenvalue weighted by atomic mass is 10.1. The quantitative estimate of drug-likeness (QED) is 0.295. The van der Waals surface area contributed by atoms with Crippen LogP contribution in [0.25, 0.3) is 0 Å². The minimum absolute atomic E-state index is 0.0897. The summed E-state index contributed by atoms with van der Waals surface area (Å²) in [5, 5.41) is 17.4. The third-order valence-corrected chi connectivity index (χ3v) is 6.12. The third-order valence-electron chi connectivity index (χ3n) is 3.82. The van der Waals surface area contributed by atoms with Crippen LogP contribution in [0.15, 0.2) is 23.2 Å². The maximum absolute atomic E-state index is 11.7. The van der Waals surface area contributed by atoms with E-state index < -0.39 is 16.1 Å². The van der Waals surface area contributed by atoms with Crippen LogP contribution in [0.1, 0.15) is 31.9 Å². The number of nitrogens with zero attached hydrogens (tertiary/aromatic N) is 2. The van der Waals surface area contributed by atoms with Crippen molar-refractivity contribution in [2.75, 3.05) is 39.0 Å². The molecule has 0 aliphatic rings. The second-order valence-electron chi connectivity index (χ2n) is 5.94. The molecule has 0 aromatic heterocycles. The Kier molecular flexibility index (Phi) is 10.4. The minimum atomic E-state index is -3.16. The summed E-state index contributed by atoms with van der Waals surface area (Å²) in [6.45, 7) is 5.33. The zero-order valence-corrected chi connectivity index (χ0v) is 18.2. The molecule has 0 bridgehead atoms. The van der Waals surface area contributed by atoms with Crippen molar-refractivity contribution in [3.8, 4) is 0 Å². The molecule has 27 heavy (non-hydrogen) atoms. The van der Waals surface area contributed by atoms with Gasteiger partial charge in [0.25, 0.3) is 0 Å². The van der Waals surface area contributed by atoms with E-state index in [1.165, 1.54) is 4.31 Å². The molecule has 0 aliphatic carbocycles. The van der Waals surface area contributed by atoms with Gasteiger partial charge in [-0.25, -0.2) is 12.7 Å². The summed E-state index contributed by atoms with van der Waals surface area (Å²) in [7, 11) is -1.59. The Balaban J connectivity index is 2.56. The number of guanidine groups is 1. The first kappa shape index (κ1) is 24.0. The number of aliphatic hydroxyl groups excluding tert-OH is 1. The first-order valence-corrected chi connectivity index (χ1v) is 11.2. The first-order chi connectivity index (χ1) is 12.7. The van der Waals surface area contributed by atoms with Crippen molar-refractivity contribution < 1.29 is 13.5 Å². The zero-order valence-electron chi connectivity index (χ0n) is 15.9. The van der Waals surface area contributed by atoms with Gasteiger partial charge in [-0.05, 0) is 44.0 Å². The predicted octanol–water partition coefficient (Wildman–Crippen LogP) is 2.25. The van der Waals surface area contributed by atoms with Gasteiger partial charge in [-0.15, -0.1) is 0 Å². The summed E-state index contributed by atoms with van der Waals surface area (Å²) in [6.07, 6.45) is -0.204. The van der Waals surface area contributed by atoms with Gasteiger partial charge in [0, 0.05) is 36.7 Å². The highest BCUT2D eigenvalue weighted by Gasteiger charge is 2.14. The number of hydrogen-bond donors (Lipinski definition) is 3. The summed E-state index contributed by atoms with van der Waals surface area (Å²) < 4.78 is 24.8. The van der Waals surface area contributed by atoms with Crippen LogP contribution in [0.3, 0.4) is 0 Å². The highest BCUT2D eigenvalue weighted by Crippen LogP contribution is 2.23. The molecule has 0 spiro atoms. The minimum Gasteiger partial charge on any atom is -0.386 e. The van der Waals surface area contributed by atoms with Gasteiger partial charge >= 0.3 is 0 Å². The number of aliphatic hydroxyl groups is 1. The van der Waals surface area contributed by atoms with E-state index >= 15 is 0 Å². The Bertz CT molecular complexity index is 709. The van der Waals surface area contributed by atoms with Gasteiger partial charge in [-0.2, -0.15) is 0 Å². The second kappa shape index (κ2) is 11.7. The van der Waals surface area contributed by atoms with Crippen LogP contribution < -0.4 is 10.6 Å². The van der Waals surface area contributed by atoms with Crippen molar-refractivity contribution in [2.45, 2.75) is 26.4 Å². The largest absolute Gasteiger partial charge is 0.386 e. The number of aliphatic imine (C=N–C) groups is 1. The van der Waals surface area contributed by atoms with E-state index in [2.05, 4.69) is 15.6 Å². The van der Waals surface area contributed by atoms with E-state index in [1.54, 1.807) is 32.2 Å². The number of benzene rings is 1. The maximum Gasteiger partial charge on any atom is 0.213 e. The molecule has 0 saturated carbocycles. The zero-order chi connectivity index (χ0) is 20.4. The molecule has 7 nitrogen and oxygen atoms in total. The van der Waals surface area contributed by atoms with Gasteiger partial charge in [-0.1, -0.05) is 23.2 Å². The molecule has 0 fully saturated rings. The maximum atomic E-state index is 11.7. The summed E-state index contributed by atoms with van der Waals surface area (Å²) in [4.78, 5) is 4.36. The Hall–Kier alpha value is -1.06. The van der Waals surface area contributed by atoms with Crippen molar-refractivity contribution in [1.29, 1.82) is 0 Å². The molecule has 3 N–H and O–H groups in total. The van der Waals surface area contributed by atoms with Gasteiger partial charge in [0.2, 0.25) is 10.0 Å². The van der Waals surface area contributed by atoms with Gasteiger partial charge in [0.1, 0.15) is 0 Å². The van der Waals surface area contributed by atoms with Crippen LogP contribution in [0.5, 0.6) is 0 Å². The molecule has 1 aromatic carbocycles. The monoisotopic (exact) mass is 438 g/mol.